The maximum Gasteiger partial charge on any atom is 0.252 e. The van der Waals surface area contributed by atoms with Crippen molar-refractivity contribution in [3.8, 4) is 5.88 Å². The Morgan fingerprint density at radius 2 is 2.05 bits per heavy atom. The highest BCUT2D eigenvalue weighted by Gasteiger charge is 2.47. The molecule has 37 heavy (non-hydrogen) atoms. The number of nitrogens with zero attached hydrogens (tertiary/aromatic N) is 3. The molecule has 1 saturated heterocycles. The highest BCUT2D eigenvalue weighted by Crippen LogP contribution is 2.32. The molecular weight excluding hydrogens is 488 g/mol. The number of unbranched alkanes of at least 4 members (excludes halogenated alkanes) is 1. The van der Waals surface area contributed by atoms with E-state index in [4.69, 9.17) is 31.8 Å². The van der Waals surface area contributed by atoms with Crippen LogP contribution in [0.4, 0.5) is 0 Å². The van der Waals surface area contributed by atoms with Crippen LogP contribution in [0.25, 0.3) is 10.8 Å². The average molecular weight is 526 g/mol. The Morgan fingerprint density at radius 3 is 2.78 bits per heavy atom. The van der Waals surface area contributed by atoms with Gasteiger partial charge in [-0.05, 0) is 54.8 Å². The lowest BCUT2D eigenvalue weighted by molar-refractivity contribution is -0.922. The number of aromatic nitrogens is 2. The van der Waals surface area contributed by atoms with Gasteiger partial charge < -0.3 is 19.7 Å². The van der Waals surface area contributed by atoms with Crippen LogP contribution in [0, 0.1) is 5.92 Å². The Hall–Kier alpha value is -2.74. The standard InChI is InChI=1S/C29H37ClN4O3/c1-4-5-9-23-18-21-8-6-7-10-24(21)29(33-23)37-16-14-34(2,3)26-22(13-15-36-27(26)28(31)35)17-20-11-12-25(30)32-19-20/h6-8,10-12,18-19,22,26-27H,4-5,9,13-17H2,1-3H3,(H-,31,35)/p+1. The maximum absolute atomic E-state index is 12.4. The number of halogens is 1. The fraction of sp³-hybridized carbons (Fsp3) is 0.483. The minimum Gasteiger partial charge on any atom is -0.471 e. The molecule has 2 aromatic heterocycles. The first kappa shape index (κ1) is 27.3. The Morgan fingerprint density at radius 1 is 1.24 bits per heavy atom. The molecule has 1 fully saturated rings. The van der Waals surface area contributed by atoms with Crippen molar-refractivity contribution in [3.05, 3.63) is 65.1 Å². The number of carbonyl (C=O) groups excluding carboxylic acids is 1. The van der Waals surface area contributed by atoms with E-state index in [9.17, 15) is 4.79 Å². The Kier molecular flexibility index (Phi) is 9.00. The molecule has 1 aromatic carbocycles. The number of primary amides is 1. The van der Waals surface area contributed by atoms with Gasteiger partial charge >= 0.3 is 0 Å². The number of hydrogen-bond donors (Lipinski definition) is 1. The van der Waals surface area contributed by atoms with Crippen molar-refractivity contribution in [2.24, 2.45) is 11.7 Å². The summed E-state index contributed by atoms with van der Waals surface area (Å²) in [5.41, 5.74) is 7.96. The fourth-order valence-electron chi connectivity index (χ4n) is 5.45. The van der Waals surface area contributed by atoms with Crippen LogP contribution >= 0.6 is 11.6 Å². The van der Waals surface area contributed by atoms with Gasteiger partial charge in [0.2, 0.25) is 5.88 Å². The SMILES string of the molecule is CCCCc1cc2ccccc2c(OCC[N+](C)(C)C2C(Cc3ccc(Cl)nc3)CCOC2C(N)=O)n1. The number of aryl methyl sites for hydroxylation is 1. The smallest absolute Gasteiger partial charge is 0.252 e. The summed E-state index contributed by atoms with van der Waals surface area (Å²) >= 11 is 5.98. The van der Waals surface area contributed by atoms with Crippen molar-refractivity contribution in [1.29, 1.82) is 0 Å². The molecule has 0 aliphatic carbocycles. The zero-order chi connectivity index (χ0) is 26.4. The molecule has 3 aromatic rings. The third-order valence-corrected chi connectivity index (χ3v) is 7.63. The number of likely N-dealkylation sites (N-methyl/N-ethyl adjacent to an activating group) is 1. The fourth-order valence-corrected chi connectivity index (χ4v) is 5.56. The van der Waals surface area contributed by atoms with Crippen molar-refractivity contribution < 1.29 is 18.8 Å². The minimum atomic E-state index is -0.662. The van der Waals surface area contributed by atoms with Crippen molar-refractivity contribution >= 4 is 28.3 Å². The molecule has 2 N–H and O–H groups in total. The number of rotatable bonds is 11. The number of hydrogen-bond acceptors (Lipinski definition) is 5. The van der Waals surface area contributed by atoms with Gasteiger partial charge in [0.25, 0.3) is 5.91 Å². The highest BCUT2D eigenvalue weighted by atomic mass is 35.5. The number of fused-ring (bicyclic) bond motifs is 1. The second-order valence-corrected chi connectivity index (χ2v) is 10.9. The van der Waals surface area contributed by atoms with E-state index < -0.39 is 12.0 Å². The van der Waals surface area contributed by atoms with Crippen molar-refractivity contribution in [1.82, 2.24) is 9.97 Å². The van der Waals surface area contributed by atoms with Crippen molar-refractivity contribution in [2.45, 2.75) is 51.2 Å². The second kappa shape index (κ2) is 12.2. The number of pyridine rings is 2. The van der Waals surface area contributed by atoms with Gasteiger partial charge in [0.15, 0.2) is 6.10 Å². The van der Waals surface area contributed by atoms with E-state index in [1.54, 1.807) is 12.3 Å². The predicted molar refractivity (Wildman–Crippen MR) is 147 cm³/mol. The summed E-state index contributed by atoms with van der Waals surface area (Å²) in [5.74, 6) is 0.437. The van der Waals surface area contributed by atoms with Crippen LogP contribution in [-0.4, -0.2) is 66.4 Å². The first-order chi connectivity index (χ1) is 17.8. The number of quaternary nitrogens is 1. The van der Waals surface area contributed by atoms with E-state index in [2.05, 4.69) is 44.2 Å². The van der Waals surface area contributed by atoms with Crippen LogP contribution in [-0.2, 0) is 22.4 Å². The molecule has 0 radical (unpaired) electrons. The number of nitrogens with two attached hydrogens (primary N) is 1. The zero-order valence-corrected chi connectivity index (χ0v) is 22.8. The highest BCUT2D eigenvalue weighted by molar-refractivity contribution is 6.29. The molecule has 0 saturated carbocycles. The van der Waals surface area contributed by atoms with E-state index in [0.717, 1.165) is 54.1 Å². The molecule has 8 heteroatoms. The summed E-state index contributed by atoms with van der Waals surface area (Å²) in [5, 5.41) is 2.62. The third-order valence-electron chi connectivity index (χ3n) is 7.40. The van der Waals surface area contributed by atoms with Gasteiger partial charge in [0.1, 0.15) is 24.3 Å². The first-order valence-electron chi connectivity index (χ1n) is 13.1. The Bertz CT molecular complexity index is 1200. The van der Waals surface area contributed by atoms with Crippen LogP contribution < -0.4 is 10.5 Å². The number of benzene rings is 1. The maximum atomic E-state index is 12.4. The van der Waals surface area contributed by atoms with E-state index in [-0.39, 0.29) is 12.0 Å². The third kappa shape index (κ3) is 6.78. The molecule has 7 nitrogen and oxygen atoms in total. The summed E-state index contributed by atoms with van der Waals surface area (Å²) in [6, 6.07) is 14.0. The van der Waals surface area contributed by atoms with Gasteiger partial charge in [0, 0.05) is 29.8 Å². The molecule has 1 amide bonds. The summed E-state index contributed by atoms with van der Waals surface area (Å²) in [7, 11) is 4.24. The first-order valence-corrected chi connectivity index (χ1v) is 13.5. The topological polar surface area (TPSA) is 87.3 Å². The van der Waals surface area contributed by atoms with Gasteiger partial charge in [-0.15, -0.1) is 0 Å². The Labute approximate surface area is 224 Å². The van der Waals surface area contributed by atoms with E-state index in [1.807, 2.05) is 18.2 Å². The van der Waals surface area contributed by atoms with Crippen LogP contribution in [0.1, 0.15) is 37.4 Å². The van der Waals surface area contributed by atoms with Crippen LogP contribution in [0.2, 0.25) is 5.15 Å². The average Bonchev–Trinajstić information content (AvgIpc) is 2.88. The quantitative estimate of drug-likeness (QED) is 0.292. The predicted octanol–water partition coefficient (Wildman–Crippen LogP) is 4.58. The molecule has 1 aliphatic rings. The molecule has 0 spiro atoms. The van der Waals surface area contributed by atoms with Crippen molar-refractivity contribution in [3.63, 3.8) is 0 Å². The molecular formula is C29H38ClN4O3+. The van der Waals surface area contributed by atoms with Crippen molar-refractivity contribution in [2.75, 3.05) is 33.9 Å². The van der Waals surface area contributed by atoms with Gasteiger partial charge in [-0.1, -0.05) is 49.2 Å². The van der Waals surface area contributed by atoms with Crippen LogP contribution in [0.3, 0.4) is 0 Å². The zero-order valence-electron chi connectivity index (χ0n) is 22.0. The molecule has 3 heterocycles. The lowest BCUT2D eigenvalue weighted by atomic mass is 9.82. The van der Waals surface area contributed by atoms with Gasteiger partial charge in [-0.3, -0.25) is 4.79 Å². The molecule has 198 valence electrons. The largest absolute Gasteiger partial charge is 0.471 e. The lowest BCUT2D eigenvalue weighted by Gasteiger charge is -2.47. The second-order valence-electron chi connectivity index (χ2n) is 10.5. The minimum absolute atomic E-state index is 0.119. The normalized spacial score (nSPS) is 20.2. The summed E-state index contributed by atoms with van der Waals surface area (Å²) < 4.78 is 12.8. The van der Waals surface area contributed by atoms with Gasteiger partial charge in [0.05, 0.1) is 14.1 Å². The molecule has 3 unspecified atom stereocenters. The number of ether oxygens (including phenoxy) is 2. The molecule has 4 rings (SSSR count). The van der Waals surface area contributed by atoms with E-state index in [0.29, 0.717) is 35.3 Å². The molecule has 3 atom stereocenters. The summed E-state index contributed by atoms with van der Waals surface area (Å²) in [4.78, 5) is 21.5. The van der Waals surface area contributed by atoms with Gasteiger partial charge in [-0.25, -0.2) is 9.97 Å². The van der Waals surface area contributed by atoms with E-state index >= 15 is 0 Å². The number of amides is 1. The Balaban J connectivity index is 1.52. The van der Waals surface area contributed by atoms with E-state index in [1.165, 1.54) is 0 Å². The molecule has 0 bridgehead atoms. The van der Waals surface area contributed by atoms with Gasteiger partial charge in [-0.2, -0.15) is 0 Å². The van der Waals surface area contributed by atoms with Crippen LogP contribution in [0.15, 0.2) is 48.7 Å². The number of carbonyl (C=O) groups is 1. The molecule has 1 aliphatic heterocycles. The summed E-state index contributed by atoms with van der Waals surface area (Å²) in [6.07, 6.45) is 5.90. The summed E-state index contributed by atoms with van der Waals surface area (Å²) in [6.45, 7) is 3.82. The van der Waals surface area contributed by atoms with Crippen LogP contribution in [0.5, 0.6) is 5.88 Å². The monoisotopic (exact) mass is 525 g/mol. The lowest BCUT2D eigenvalue weighted by Crippen LogP contribution is -2.64.